The SMILES string of the molecule is CCCCP(C1=[C-]CC=C1)[c-]1ccc2ccccc21.[F-].[F-].[Hf+4]. The van der Waals surface area contributed by atoms with Gasteiger partial charge in [0.2, 0.25) is 0 Å². The van der Waals surface area contributed by atoms with Crippen molar-refractivity contribution in [3.8, 4) is 0 Å². The smallest absolute Gasteiger partial charge is 1.00 e. The number of fused-ring (bicyclic) bond motifs is 1. The summed E-state index contributed by atoms with van der Waals surface area (Å²) in [5, 5.41) is 5.83. The molecule has 0 saturated carbocycles. The van der Waals surface area contributed by atoms with Gasteiger partial charge in [-0.15, -0.1) is 54.7 Å². The van der Waals surface area contributed by atoms with Crippen molar-refractivity contribution in [2.75, 3.05) is 6.16 Å². The van der Waals surface area contributed by atoms with Gasteiger partial charge in [0, 0.05) is 0 Å². The van der Waals surface area contributed by atoms with Crippen molar-refractivity contribution in [3.63, 3.8) is 0 Å². The quantitative estimate of drug-likeness (QED) is 0.295. The van der Waals surface area contributed by atoms with E-state index in [1.165, 1.54) is 35.1 Å². The molecule has 22 heavy (non-hydrogen) atoms. The minimum atomic E-state index is -0.207. The largest absolute Gasteiger partial charge is 4.00 e. The van der Waals surface area contributed by atoms with Crippen LogP contribution in [0.4, 0.5) is 0 Å². The number of allylic oxidation sites excluding steroid dienone is 4. The minimum Gasteiger partial charge on any atom is -1.00 e. The molecule has 3 rings (SSSR count). The third-order valence-electron chi connectivity index (χ3n) is 3.65. The molecule has 0 heterocycles. The van der Waals surface area contributed by atoms with E-state index in [0.717, 1.165) is 6.42 Å². The molecule has 0 saturated heterocycles. The van der Waals surface area contributed by atoms with Crippen LogP contribution in [-0.4, -0.2) is 6.16 Å². The summed E-state index contributed by atoms with van der Waals surface area (Å²) in [6.07, 6.45) is 13.0. The zero-order valence-corrected chi connectivity index (χ0v) is 17.1. The second-order valence-corrected chi connectivity index (χ2v) is 7.25. The van der Waals surface area contributed by atoms with Crippen LogP contribution in [0.1, 0.15) is 26.2 Å². The Kier molecular flexibility index (Phi) is 10.0. The van der Waals surface area contributed by atoms with Crippen LogP contribution >= 0.6 is 7.92 Å². The molecule has 0 bridgehead atoms. The molecule has 2 aromatic carbocycles. The molecule has 1 aliphatic carbocycles. The van der Waals surface area contributed by atoms with E-state index >= 15 is 0 Å². The standard InChI is InChI=1S/C18H19P.2FH.Hf/c1-2-3-14-19(16-9-5-6-10-16)18-13-12-15-8-4-7-11-17(15)18;;;/h4-5,7-9,11-13H,2-3,6,14H2,1H3;2*1H;/q-2;;;+4/p-2. The number of hydrogen-bond acceptors (Lipinski definition) is 0. The van der Waals surface area contributed by atoms with E-state index in [4.69, 9.17) is 0 Å². The Bertz CT molecular complexity index is 631. The summed E-state index contributed by atoms with van der Waals surface area (Å²) in [7, 11) is -0.207. The first-order chi connectivity index (χ1) is 9.40. The molecule has 4 heteroatoms. The van der Waals surface area contributed by atoms with Crippen molar-refractivity contribution in [3.05, 3.63) is 59.9 Å². The van der Waals surface area contributed by atoms with E-state index in [1.807, 2.05) is 0 Å². The first-order valence-electron chi connectivity index (χ1n) is 7.09. The summed E-state index contributed by atoms with van der Waals surface area (Å²) >= 11 is 0. The molecule has 0 aromatic heterocycles. The van der Waals surface area contributed by atoms with Gasteiger partial charge in [-0.25, -0.2) is 11.4 Å². The third-order valence-corrected chi connectivity index (χ3v) is 6.27. The molecule has 1 unspecified atom stereocenters. The van der Waals surface area contributed by atoms with Crippen molar-refractivity contribution >= 4 is 24.0 Å². The van der Waals surface area contributed by atoms with Gasteiger partial charge in [-0.2, -0.15) is 12.1 Å². The van der Waals surface area contributed by atoms with E-state index in [1.54, 1.807) is 5.30 Å². The predicted octanol–water partition coefficient (Wildman–Crippen LogP) is -0.882. The molecule has 0 aliphatic heterocycles. The van der Waals surface area contributed by atoms with Crippen molar-refractivity contribution in [1.29, 1.82) is 0 Å². The van der Waals surface area contributed by atoms with E-state index < -0.39 is 0 Å². The molecule has 2 aromatic rings. The first-order valence-corrected chi connectivity index (χ1v) is 8.62. The minimum absolute atomic E-state index is 0. The Labute approximate surface area is 151 Å². The molecule has 0 nitrogen and oxygen atoms in total. The topological polar surface area (TPSA) is 0 Å². The summed E-state index contributed by atoms with van der Waals surface area (Å²) in [5.74, 6) is 0. The van der Waals surface area contributed by atoms with Crippen LogP contribution in [0, 0.1) is 6.08 Å². The van der Waals surface area contributed by atoms with Gasteiger partial charge in [-0.3, -0.25) is 6.08 Å². The van der Waals surface area contributed by atoms with Gasteiger partial charge in [-0.1, -0.05) is 19.4 Å². The fourth-order valence-electron chi connectivity index (χ4n) is 2.63. The van der Waals surface area contributed by atoms with Crippen molar-refractivity contribution < 1.29 is 35.3 Å². The predicted molar refractivity (Wildman–Crippen MR) is 86.4 cm³/mol. The van der Waals surface area contributed by atoms with Gasteiger partial charge in [-0.05, 0) is 12.6 Å². The number of halogens is 2. The molecular formula is C18H19F2HfP. The fraction of sp³-hybridized carbons (Fsp3) is 0.278. The normalized spacial score (nSPS) is 13.8. The zero-order valence-electron chi connectivity index (χ0n) is 12.7. The second kappa shape index (κ2) is 10.3. The summed E-state index contributed by atoms with van der Waals surface area (Å²) in [5.41, 5.74) is 0. The zero-order chi connectivity index (χ0) is 13.1. The first kappa shape index (κ1) is 21.5. The third kappa shape index (κ3) is 4.49. The van der Waals surface area contributed by atoms with Crippen LogP contribution in [0.2, 0.25) is 0 Å². The molecule has 0 N–H and O–H groups in total. The van der Waals surface area contributed by atoms with Crippen molar-refractivity contribution in [1.82, 2.24) is 0 Å². The van der Waals surface area contributed by atoms with Gasteiger partial charge in [0.05, 0.1) is 0 Å². The Morgan fingerprint density at radius 1 is 1.18 bits per heavy atom. The number of benzene rings is 1. The number of rotatable bonds is 5. The van der Waals surface area contributed by atoms with E-state index in [9.17, 15) is 0 Å². The van der Waals surface area contributed by atoms with Gasteiger partial charge in [0.25, 0.3) is 0 Å². The Balaban J connectivity index is 0.00000147. The Hall–Kier alpha value is -0.530. The van der Waals surface area contributed by atoms with Gasteiger partial charge in [0.1, 0.15) is 0 Å². The molecule has 0 amide bonds. The Morgan fingerprint density at radius 2 is 1.95 bits per heavy atom. The molecule has 0 fully saturated rings. The van der Waals surface area contributed by atoms with Crippen molar-refractivity contribution in [2.45, 2.75) is 26.2 Å². The maximum Gasteiger partial charge on any atom is 4.00 e. The monoisotopic (exact) mass is 484 g/mol. The van der Waals surface area contributed by atoms with Crippen LogP contribution < -0.4 is 14.7 Å². The average molecular weight is 483 g/mol. The Morgan fingerprint density at radius 3 is 2.64 bits per heavy atom. The molecule has 0 spiro atoms. The van der Waals surface area contributed by atoms with Crippen molar-refractivity contribution in [2.24, 2.45) is 0 Å². The number of unbranched alkanes of at least 4 members (excludes halogenated alkanes) is 1. The van der Waals surface area contributed by atoms with Crippen LogP contribution in [0.5, 0.6) is 0 Å². The molecule has 1 aliphatic rings. The van der Waals surface area contributed by atoms with Crippen LogP contribution in [-0.2, 0) is 25.8 Å². The van der Waals surface area contributed by atoms with Gasteiger partial charge < -0.3 is 9.41 Å². The maximum atomic E-state index is 3.55. The van der Waals surface area contributed by atoms with E-state index in [2.05, 4.69) is 61.5 Å². The molecular weight excluding hydrogens is 464 g/mol. The second-order valence-electron chi connectivity index (χ2n) is 4.98. The summed E-state index contributed by atoms with van der Waals surface area (Å²) in [6, 6.07) is 13.4. The average Bonchev–Trinajstić information content (AvgIpc) is 3.09. The molecule has 114 valence electrons. The van der Waals surface area contributed by atoms with Gasteiger partial charge in [0.15, 0.2) is 0 Å². The van der Waals surface area contributed by atoms with Crippen LogP contribution in [0.3, 0.4) is 0 Å². The summed E-state index contributed by atoms with van der Waals surface area (Å²) in [4.78, 5) is 0. The summed E-state index contributed by atoms with van der Waals surface area (Å²) in [6.45, 7) is 2.28. The van der Waals surface area contributed by atoms with E-state index in [0.29, 0.717) is 0 Å². The van der Waals surface area contributed by atoms with Gasteiger partial charge >= 0.3 is 25.8 Å². The fourth-order valence-corrected chi connectivity index (χ4v) is 5.32. The van der Waals surface area contributed by atoms with Crippen LogP contribution in [0.25, 0.3) is 10.8 Å². The summed E-state index contributed by atoms with van der Waals surface area (Å²) < 4.78 is 0. The molecule has 0 radical (unpaired) electrons. The van der Waals surface area contributed by atoms with E-state index in [-0.39, 0.29) is 43.2 Å². The molecule has 1 atom stereocenters. The van der Waals surface area contributed by atoms with Crippen LogP contribution in [0.15, 0.2) is 53.9 Å². The maximum absolute atomic E-state index is 3.55. The number of hydrogen-bond donors (Lipinski definition) is 0.